The Morgan fingerprint density at radius 1 is 1.21 bits per heavy atom. The summed E-state index contributed by atoms with van der Waals surface area (Å²) in [5.74, 6) is -0.252. The van der Waals surface area contributed by atoms with Crippen LogP contribution in [0.1, 0.15) is 53.9 Å². The van der Waals surface area contributed by atoms with Gasteiger partial charge in [0.25, 0.3) is 0 Å². The summed E-state index contributed by atoms with van der Waals surface area (Å²) in [4.78, 5) is 13.8. The number of primary amides is 1. The van der Waals surface area contributed by atoms with E-state index in [1.807, 2.05) is 13.8 Å². The fourth-order valence-electron chi connectivity index (χ4n) is 2.44. The van der Waals surface area contributed by atoms with Gasteiger partial charge in [-0.15, -0.1) is 0 Å². The number of likely N-dealkylation sites (N-methyl/N-ethyl adjacent to an activating group) is 1. The summed E-state index contributed by atoms with van der Waals surface area (Å²) in [6, 6.07) is 0. The monoisotopic (exact) mass is 271 g/mol. The molecule has 0 heterocycles. The lowest BCUT2D eigenvalue weighted by Crippen LogP contribution is -2.53. The molecule has 4 heteroatoms. The van der Waals surface area contributed by atoms with Crippen LogP contribution in [0.15, 0.2) is 0 Å². The molecule has 0 saturated carbocycles. The molecule has 3 N–H and O–H groups in total. The SMILES string of the molecule is CCNC(C)(CCCCN(C)CC(C)(C)C)C(N)=O. The highest BCUT2D eigenvalue weighted by Gasteiger charge is 2.28. The number of unbranched alkanes of at least 4 members (excludes halogenated alkanes) is 1. The van der Waals surface area contributed by atoms with E-state index in [9.17, 15) is 4.79 Å². The third kappa shape index (κ3) is 8.22. The number of nitrogens with one attached hydrogen (secondary N) is 1. The largest absolute Gasteiger partial charge is 0.368 e. The van der Waals surface area contributed by atoms with Gasteiger partial charge in [0.1, 0.15) is 0 Å². The Labute approximate surface area is 119 Å². The molecular formula is C15H33N3O. The van der Waals surface area contributed by atoms with Crippen molar-refractivity contribution in [3.63, 3.8) is 0 Å². The highest BCUT2D eigenvalue weighted by Crippen LogP contribution is 2.16. The van der Waals surface area contributed by atoms with Gasteiger partial charge in [0, 0.05) is 6.54 Å². The molecule has 0 aliphatic heterocycles. The number of carbonyl (C=O) groups excluding carboxylic acids is 1. The van der Waals surface area contributed by atoms with Crippen LogP contribution >= 0.6 is 0 Å². The Balaban J connectivity index is 3.99. The summed E-state index contributed by atoms with van der Waals surface area (Å²) < 4.78 is 0. The van der Waals surface area contributed by atoms with Crippen LogP contribution < -0.4 is 11.1 Å². The van der Waals surface area contributed by atoms with Gasteiger partial charge in [-0.3, -0.25) is 4.79 Å². The van der Waals surface area contributed by atoms with E-state index >= 15 is 0 Å². The Bertz CT molecular complexity index is 273. The van der Waals surface area contributed by atoms with Gasteiger partial charge in [-0.2, -0.15) is 0 Å². The number of carbonyl (C=O) groups is 1. The number of nitrogens with zero attached hydrogens (tertiary/aromatic N) is 1. The number of hydrogen-bond acceptors (Lipinski definition) is 3. The van der Waals surface area contributed by atoms with Crippen molar-refractivity contribution in [1.82, 2.24) is 10.2 Å². The van der Waals surface area contributed by atoms with E-state index in [0.29, 0.717) is 5.41 Å². The van der Waals surface area contributed by atoms with Crippen LogP contribution in [0.25, 0.3) is 0 Å². The van der Waals surface area contributed by atoms with Gasteiger partial charge in [0.2, 0.25) is 5.91 Å². The van der Waals surface area contributed by atoms with Crippen LogP contribution in [0.5, 0.6) is 0 Å². The maximum absolute atomic E-state index is 11.5. The van der Waals surface area contributed by atoms with Crippen molar-refractivity contribution in [2.75, 3.05) is 26.7 Å². The third-order valence-electron chi connectivity index (χ3n) is 3.32. The molecule has 0 radical (unpaired) electrons. The molecule has 0 fully saturated rings. The summed E-state index contributed by atoms with van der Waals surface area (Å²) in [5.41, 5.74) is 5.25. The van der Waals surface area contributed by atoms with Crippen LogP contribution in [-0.2, 0) is 4.79 Å². The Morgan fingerprint density at radius 3 is 2.21 bits per heavy atom. The molecule has 4 nitrogen and oxygen atoms in total. The van der Waals surface area contributed by atoms with E-state index < -0.39 is 5.54 Å². The molecule has 0 bridgehead atoms. The van der Waals surface area contributed by atoms with E-state index in [-0.39, 0.29) is 5.91 Å². The van der Waals surface area contributed by atoms with Crippen LogP contribution in [-0.4, -0.2) is 43.0 Å². The number of amides is 1. The molecule has 0 saturated heterocycles. The summed E-state index contributed by atoms with van der Waals surface area (Å²) in [5, 5.41) is 3.20. The highest BCUT2D eigenvalue weighted by atomic mass is 16.1. The molecule has 0 aliphatic rings. The minimum absolute atomic E-state index is 0.252. The zero-order valence-electron chi connectivity index (χ0n) is 13.7. The van der Waals surface area contributed by atoms with Gasteiger partial charge < -0.3 is 16.0 Å². The Morgan fingerprint density at radius 2 is 1.79 bits per heavy atom. The standard InChI is InChI=1S/C15H33N3O/c1-7-17-15(5,13(16)19)10-8-9-11-18(6)12-14(2,3)4/h17H,7-12H2,1-6H3,(H2,16,19). The molecule has 0 aromatic heterocycles. The van der Waals surface area contributed by atoms with E-state index in [0.717, 1.165) is 38.9 Å². The lowest BCUT2D eigenvalue weighted by molar-refractivity contribution is -0.124. The zero-order valence-corrected chi connectivity index (χ0v) is 13.7. The fraction of sp³-hybridized carbons (Fsp3) is 0.933. The van der Waals surface area contributed by atoms with Gasteiger partial charge in [-0.25, -0.2) is 0 Å². The molecule has 1 amide bonds. The van der Waals surface area contributed by atoms with E-state index in [1.165, 1.54) is 0 Å². The molecule has 0 spiro atoms. The van der Waals surface area contributed by atoms with Crippen LogP contribution in [0.2, 0.25) is 0 Å². The lowest BCUT2D eigenvalue weighted by atomic mass is 9.93. The average molecular weight is 271 g/mol. The zero-order chi connectivity index (χ0) is 15.1. The molecule has 0 aromatic carbocycles. The summed E-state index contributed by atoms with van der Waals surface area (Å²) in [6.45, 7) is 13.6. The van der Waals surface area contributed by atoms with Gasteiger partial charge in [0.05, 0.1) is 5.54 Å². The minimum atomic E-state index is -0.558. The smallest absolute Gasteiger partial charge is 0.237 e. The minimum Gasteiger partial charge on any atom is -0.368 e. The maximum atomic E-state index is 11.5. The predicted molar refractivity (Wildman–Crippen MR) is 82.1 cm³/mol. The molecule has 1 atom stereocenters. The predicted octanol–water partition coefficient (Wildman–Crippen LogP) is 1.99. The first-order valence-corrected chi connectivity index (χ1v) is 7.34. The molecule has 1 unspecified atom stereocenters. The third-order valence-corrected chi connectivity index (χ3v) is 3.32. The number of hydrogen-bond donors (Lipinski definition) is 2. The van der Waals surface area contributed by atoms with Crippen molar-refractivity contribution >= 4 is 5.91 Å². The quantitative estimate of drug-likeness (QED) is 0.631. The molecule has 19 heavy (non-hydrogen) atoms. The first-order valence-electron chi connectivity index (χ1n) is 7.34. The maximum Gasteiger partial charge on any atom is 0.237 e. The normalized spacial score (nSPS) is 15.5. The van der Waals surface area contributed by atoms with Crippen LogP contribution in [0.4, 0.5) is 0 Å². The lowest BCUT2D eigenvalue weighted by Gasteiger charge is -2.28. The molecular weight excluding hydrogens is 238 g/mol. The number of rotatable bonds is 9. The summed E-state index contributed by atoms with van der Waals surface area (Å²) in [7, 11) is 2.16. The van der Waals surface area contributed by atoms with Gasteiger partial charge in [-0.05, 0) is 51.7 Å². The average Bonchev–Trinajstić information content (AvgIpc) is 2.22. The second-order valence-electron chi connectivity index (χ2n) is 6.98. The first kappa shape index (κ1) is 18.4. The molecule has 0 aliphatic carbocycles. The number of nitrogens with two attached hydrogens (primary N) is 1. The topological polar surface area (TPSA) is 58.4 Å². The second-order valence-corrected chi connectivity index (χ2v) is 6.98. The van der Waals surface area contributed by atoms with Crippen molar-refractivity contribution in [2.45, 2.75) is 59.4 Å². The molecule has 0 rings (SSSR count). The van der Waals surface area contributed by atoms with Gasteiger partial charge in [0.15, 0.2) is 0 Å². The van der Waals surface area contributed by atoms with E-state index in [4.69, 9.17) is 5.73 Å². The van der Waals surface area contributed by atoms with Crippen LogP contribution in [0.3, 0.4) is 0 Å². The van der Waals surface area contributed by atoms with Crippen molar-refractivity contribution in [3.8, 4) is 0 Å². The Kier molecular flexibility index (Phi) is 7.60. The highest BCUT2D eigenvalue weighted by molar-refractivity contribution is 5.84. The van der Waals surface area contributed by atoms with Gasteiger partial charge >= 0.3 is 0 Å². The fourth-order valence-corrected chi connectivity index (χ4v) is 2.44. The van der Waals surface area contributed by atoms with Crippen molar-refractivity contribution in [1.29, 1.82) is 0 Å². The van der Waals surface area contributed by atoms with Crippen molar-refractivity contribution in [3.05, 3.63) is 0 Å². The summed E-state index contributed by atoms with van der Waals surface area (Å²) in [6.07, 6.45) is 2.92. The molecule has 114 valence electrons. The van der Waals surface area contributed by atoms with Gasteiger partial charge in [-0.1, -0.05) is 27.7 Å². The second kappa shape index (κ2) is 7.85. The van der Waals surface area contributed by atoms with Crippen molar-refractivity contribution in [2.24, 2.45) is 11.1 Å². The summed E-state index contributed by atoms with van der Waals surface area (Å²) >= 11 is 0. The Hall–Kier alpha value is -0.610. The van der Waals surface area contributed by atoms with Crippen LogP contribution in [0, 0.1) is 5.41 Å². The van der Waals surface area contributed by atoms with Crippen molar-refractivity contribution < 1.29 is 4.79 Å². The molecule has 0 aromatic rings. The van der Waals surface area contributed by atoms with E-state index in [2.05, 4.69) is 38.0 Å². The van der Waals surface area contributed by atoms with E-state index in [1.54, 1.807) is 0 Å². The first-order chi connectivity index (χ1) is 8.60.